The van der Waals surface area contributed by atoms with Gasteiger partial charge >= 0.3 is 0 Å². The number of rotatable bonds is 3. The lowest BCUT2D eigenvalue weighted by molar-refractivity contribution is -0.124. The quantitative estimate of drug-likeness (QED) is 0.248. The summed E-state index contributed by atoms with van der Waals surface area (Å²) in [5, 5.41) is 6.67. The van der Waals surface area contributed by atoms with Crippen LogP contribution in [0.15, 0.2) is 24.5 Å². The lowest BCUT2D eigenvalue weighted by Crippen LogP contribution is -2.50. The minimum Gasteiger partial charge on any atom is -0.350 e. The Balaban J connectivity index is 1.51. The number of carbonyl (C=O) groups is 2. The van der Waals surface area contributed by atoms with Gasteiger partial charge in [-0.1, -0.05) is 11.6 Å². The second-order valence-electron chi connectivity index (χ2n) is 9.12. The number of fused-ring (bicyclic) bond motifs is 3. The monoisotopic (exact) mass is 532 g/mol. The van der Waals surface area contributed by atoms with E-state index in [2.05, 4.69) is 15.4 Å². The van der Waals surface area contributed by atoms with Crippen LogP contribution in [0.2, 0.25) is 5.15 Å². The molecule has 8 nitrogen and oxygen atoms in total. The molecule has 2 amide bonds. The Morgan fingerprint density at radius 1 is 1.14 bits per heavy atom. The maximum Gasteiger partial charge on any atom is 0.254 e. The largest absolute Gasteiger partial charge is 0.350 e. The molecule has 0 unspecified atom stereocenters. The summed E-state index contributed by atoms with van der Waals surface area (Å²) in [6.07, 6.45) is 3.27. The normalized spacial score (nSPS) is 18.8. The van der Waals surface area contributed by atoms with Crippen molar-refractivity contribution in [2.75, 3.05) is 6.54 Å². The summed E-state index contributed by atoms with van der Waals surface area (Å²) in [5.41, 5.74) is -1.06. The van der Waals surface area contributed by atoms with Gasteiger partial charge in [0.25, 0.3) is 5.91 Å². The highest BCUT2D eigenvalue weighted by atomic mass is 35.5. The van der Waals surface area contributed by atoms with E-state index in [-0.39, 0.29) is 45.3 Å². The molecule has 0 spiro atoms. The molecule has 0 saturated carbocycles. The molecule has 5 heterocycles. The molecule has 3 aromatic heterocycles. The molecule has 2 atom stereocenters. The number of halogens is 5. The van der Waals surface area contributed by atoms with E-state index in [1.807, 2.05) is 0 Å². The molecular formula is C24H17ClF4N6O2. The molecule has 2 aliphatic rings. The molecule has 0 radical (unpaired) electrons. The average Bonchev–Trinajstić information content (AvgIpc) is 3.62. The number of hydrogen-bond acceptors (Lipinski definition) is 4. The van der Waals surface area contributed by atoms with E-state index in [1.165, 1.54) is 52.5 Å². The molecular weight excluding hydrogens is 516 g/mol. The summed E-state index contributed by atoms with van der Waals surface area (Å²) in [5.74, 6) is -7.89. The van der Waals surface area contributed by atoms with Gasteiger partial charge in [-0.2, -0.15) is 5.10 Å². The molecule has 4 aromatic rings. The number of nitrogens with zero attached hydrogens (tertiary/aromatic N) is 5. The fourth-order valence-electron chi connectivity index (χ4n) is 5.14. The number of hydrogen-bond donors (Lipinski definition) is 1. The molecule has 1 N–H and O–H groups in total. The van der Waals surface area contributed by atoms with Crippen LogP contribution in [-0.2, 0) is 11.8 Å². The third-order valence-electron chi connectivity index (χ3n) is 6.81. The predicted molar refractivity (Wildman–Crippen MR) is 124 cm³/mol. The van der Waals surface area contributed by atoms with Crippen molar-refractivity contribution in [1.29, 1.82) is 0 Å². The van der Waals surface area contributed by atoms with Gasteiger partial charge in [-0.3, -0.25) is 18.7 Å². The highest BCUT2D eigenvalue weighted by molar-refractivity contribution is 6.32. The average molecular weight is 533 g/mol. The van der Waals surface area contributed by atoms with Crippen LogP contribution in [0.3, 0.4) is 0 Å². The van der Waals surface area contributed by atoms with E-state index in [0.717, 1.165) is 0 Å². The van der Waals surface area contributed by atoms with E-state index < -0.39 is 46.3 Å². The van der Waals surface area contributed by atoms with Gasteiger partial charge in [0.05, 0.1) is 11.3 Å². The fraction of sp³-hybridized carbons (Fsp3) is 0.250. The lowest BCUT2D eigenvalue weighted by atomic mass is 9.96. The number of carbonyl (C=O) groups excluding carboxylic acids is 2. The Labute approximate surface area is 211 Å². The first-order chi connectivity index (χ1) is 17.6. The molecule has 13 heteroatoms. The SMILES string of the molecule is Cc1nn(C)cc1-c1c(F)c(F)c(F)c(F)c1-c1nc2cc(C(=O)N3C[C@@H]4C[C@H]3C(=O)N4)ccn2c1Cl. The Hall–Kier alpha value is -3.93. The predicted octanol–water partition coefficient (Wildman–Crippen LogP) is 3.63. The minimum atomic E-state index is -2.01. The van der Waals surface area contributed by atoms with Crippen molar-refractivity contribution in [3.63, 3.8) is 0 Å². The summed E-state index contributed by atoms with van der Waals surface area (Å²) in [7, 11) is 1.54. The third kappa shape index (κ3) is 3.35. The van der Waals surface area contributed by atoms with Crippen LogP contribution in [0.5, 0.6) is 0 Å². The number of aryl methyl sites for hydroxylation is 2. The van der Waals surface area contributed by atoms with Crippen LogP contribution in [0.4, 0.5) is 17.6 Å². The Morgan fingerprint density at radius 2 is 1.84 bits per heavy atom. The van der Waals surface area contributed by atoms with Gasteiger partial charge in [-0.05, 0) is 25.5 Å². The van der Waals surface area contributed by atoms with Crippen molar-refractivity contribution < 1.29 is 27.2 Å². The van der Waals surface area contributed by atoms with Crippen molar-refractivity contribution in [1.82, 2.24) is 29.4 Å². The number of benzene rings is 1. The standard InChI is InChI=1S/C24H17ClF4N6O2/c1-9-12(8-33(2)32-9)15-16(18(27)20(29)19(28)17(15)26)21-22(25)34-4-3-10(5-14(34)31-21)24(37)35-7-11-6-13(35)23(36)30-11/h3-5,8,11,13H,6-7H2,1-2H3,(H,30,36)/t11-,13-/m0/s1. The Bertz CT molecular complexity index is 1670. The molecule has 2 bridgehead atoms. The Morgan fingerprint density at radius 3 is 2.46 bits per heavy atom. The molecule has 190 valence electrons. The van der Waals surface area contributed by atoms with Gasteiger partial charge in [0.1, 0.15) is 22.5 Å². The fourth-order valence-corrected chi connectivity index (χ4v) is 5.42. The molecule has 37 heavy (non-hydrogen) atoms. The van der Waals surface area contributed by atoms with E-state index in [9.17, 15) is 18.4 Å². The van der Waals surface area contributed by atoms with Crippen LogP contribution in [0.25, 0.3) is 28.0 Å². The summed E-state index contributed by atoms with van der Waals surface area (Å²) < 4.78 is 61.7. The van der Waals surface area contributed by atoms with Crippen LogP contribution < -0.4 is 5.32 Å². The number of aromatic nitrogens is 4. The summed E-state index contributed by atoms with van der Waals surface area (Å²) in [6.45, 7) is 1.88. The molecule has 0 aliphatic carbocycles. The zero-order valence-corrected chi connectivity index (χ0v) is 20.1. The lowest BCUT2D eigenvalue weighted by Gasteiger charge is -2.26. The second-order valence-corrected chi connectivity index (χ2v) is 9.48. The van der Waals surface area contributed by atoms with Gasteiger partial charge in [0.15, 0.2) is 23.3 Å². The number of likely N-dealkylation sites (tertiary alicyclic amines) is 1. The molecule has 2 aliphatic heterocycles. The first kappa shape index (κ1) is 23.5. The van der Waals surface area contributed by atoms with Gasteiger partial charge in [-0.15, -0.1) is 0 Å². The third-order valence-corrected chi connectivity index (χ3v) is 7.17. The van der Waals surface area contributed by atoms with E-state index in [0.29, 0.717) is 13.0 Å². The van der Waals surface area contributed by atoms with Gasteiger partial charge in [-0.25, -0.2) is 22.5 Å². The second kappa shape index (κ2) is 8.04. The van der Waals surface area contributed by atoms with Crippen molar-refractivity contribution >= 4 is 29.1 Å². The van der Waals surface area contributed by atoms with Crippen molar-refractivity contribution in [3.8, 4) is 22.4 Å². The summed E-state index contributed by atoms with van der Waals surface area (Å²) in [4.78, 5) is 30.9. The van der Waals surface area contributed by atoms with E-state index >= 15 is 8.78 Å². The molecule has 6 rings (SSSR count). The summed E-state index contributed by atoms with van der Waals surface area (Å²) >= 11 is 6.47. The van der Waals surface area contributed by atoms with Crippen LogP contribution in [0.1, 0.15) is 22.5 Å². The number of piperazine rings is 1. The molecule has 2 fully saturated rings. The minimum absolute atomic E-state index is 0.0270. The van der Waals surface area contributed by atoms with E-state index in [4.69, 9.17) is 11.6 Å². The highest BCUT2D eigenvalue weighted by Crippen LogP contribution is 2.42. The summed E-state index contributed by atoms with van der Waals surface area (Å²) in [6, 6.07) is 2.17. The van der Waals surface area contributed by atoms with Gasteiger partial charge < -0.3 is 10.2 Å². The number of pyridine rings is 1. The van der Waals surface area contributed by atoms with Crippen LogP contribution in [0, 0.1) is 30.2 Å². The first-order valence-electron chi connectivity index (χ1n) is 11.2. The highest BCUT2D eigenvalue weighted by Gasteiger charge is 2.46. The number of nitrogens with one attached hydrogen (secondary N) is 1. The zero-order chi connectivity index (χ0) is 26.3. The first-order valence-corrected chi connectivity index (χ1v) is 11.6. The maximum atomic E-state index is 15.2. The maximum absolute atomic E-state index is 15.2. The van der Waals surface area contributed by atoms with E-state index in [1.54, 1.807) is 0 Å². The number of amides is 2. The molecule has 1 aromatic carbocycles. The Kier molecular flexibility index (Phi) is 5.10. The van der Waals surface area contributed by atoms with Gasteiger partial charge in [0, 0.05) is 48.7 Å². The zero-order valence-electron chi connectivity index (χ0n) is 19.3. The smallest absolute Gasteiger partial charge is 0.254 e. The van der Waals surface area contributed by atoms with Gasteiger partial charge in [0.2, 0.25) is 5.91 Å². The molecule has 2 saturated heterocycles. The van der Waals surface area contributed by atoms with Crippen molar-refractivity contribution in [3.05, 3.63) is 64.2 Å². The van der Waals surface area contributed by atoms with Crippen molar-refractivity contribution in [2.45, 2.75) is 25.4 Å². The number of imidazole rings is 1. The van der Waals surface area contributed by atoms with Crippen molar-refractivity contribution in [2.24, 2.45) is 7.05 Å². The van der Waals surface area contributed by atoms with Crippen LogP contribution in [-0.4, -0.2) is 54.5 Å². The van der Waals surface area contributed by atoms with Crippen LogP contribution >= 0.6 is 11.6 Å². The topological polar surface area (TPSA) is 84.5 Å².